The summed E-state index contributed by atoms with van der Waals surface area (Å²) in [5.41, 5.74) is 8.65. The van der Waals surface area contributed by atoms with Gasteiger partial charge in [0.1, 0.15) is 11.6 Å². The highest BCUT2D eigenvalue weighted by atomic mass is 16.2. The van der Waals surface area contributed by atoms with E-state index in [-0.39, 0.29) is 23.6 Å². The molecule has 4 amide bonds. The van der Waals surface area contributed by atoms with Gasteiger partial charge in [0.05, 0.1) is 33.2 Å². The minimum Gasteiger partial charge on any atom is -0.337 e. The number of hydrogen-bond donors (Lipinski definition) is 2. The van der Waals surface area contributed by atoms with E-state index in [4.69, 9.17) is 9.97 Å². The van der Waals surface area contributed by atoms with Crippen LogP contribution in [0.4, 0.5) is 0 Å². The van der Waals surface area contributed by atoms with Gasteiger partial charge in [0, 0.05) is 67.7 Å². The van der Waals surface area contributed by atoms with E-state index in [0.29, 0.717) is 79.8 Å². The number of H-pyrrole nitrogens is 2. The van der Waals surface area contributed by atoms with Crippen molar-refractivity contribution < 1.29 is 19.2 Å². The molecule has 0 saturated carbocycles. The zero-order valence-electron chi connectivity index (χ0n) is 44.3. The molecule has 16 rings (SSSR count). The molecule has 10 heteroatoms. The number of unbranched alkanes of at least 4 members (excludes halogenated alkanes) is 6. The van der Waals surface area contributed by atoms with E-state index >= 15 is 0 Å². The van der Waals surface area contributed by atoms with Crippen LogP contribution >= 0.6 is 0 Å². The van der Waals surface area contributed by atoms with Gasteiger partial charge < -0.3 is 9.97 Å². The quantitative estimate of drug-likeness (QED) is 0.0512. The number of nitrogens with one attached hydrogen (secondary N) is 2. The number of imide groups is 2. The Balaban J connectivity index is 0.952. The first kappa shape index (κ1) is 46.5. The molecule has 0 unspecified atom stereocenters. The number of fused-ring (bicyclic) bond motifs is 10. The van der Waals surface area contributed by atoms with Crippen molar-refractivity contribution in [2.24, 2.45) is 0 Å². The maximum absolute atomic E-state index is 15.0. The number of amides is 4. The second kappa shape index (κ2) is 17.5. The summed E-state index contributed by atoms with van der Waals surface area (Å²) < 4.78 is 0. The number of carbonyl (C=O) groups is 4. The second-order valence-electron chi connectivity index (χ2n) is 22.1. The van der Waals surface area contributed by atoms with Crippen LogP contribution in [0, 0.1) is 0 Å². The maximum atomic E-state index is 15.0. The number of rotatable bonds is 13. The predicted molar refractivity (Wildman–Crippen MR) is 323 cm³/mol. The fourth-order valence-corrected chi connectivity index (χ4v) is 14.1. The Bertz CT molecular complexity index is 4700. The highest BCUT2D eigenvalue weighted by Crippen LogP contribution is 2.52. The van der Waals surface area contributed by atoms with Crippen molar-refractivity contribution in [2.45, 2.75) is 65.2 Å². The molecular weight excluding hydrogens is 989 g/mol. The molecular formula is C70H52N6O4. The molecule has 4 heterocycles. The minimum atomic E-state index is -0.285. The van der Waals surface area contributed by atoms with Gasteiger partial charge >= 0.3 is 0 Å². The van der Waals surface area contributed by atoms with Crippen molar-refractivity contribution in [1.82, 2.24) is 29.7 Å². The molecule has 386 valence electrons. The summed E-state index contributed by atoms with van der Waals surface area (Å²) in [6.07, 6.45) is 7.57. The Labute approximate surface area is 458 Å². The first-order chi connectivity index (χ1) is 39.3. The standard InChI is InChI=1S/C70H52N6O4/c1-3-5-7-15-35-75-67(77)49-33-29-45-43-25-17-23-41-39(27-31-47(51(41)43)57-53(45)55(49)59(69(75)79)63-61(57)71-65(73-63)37-19-11-9-12-20-37)40-28-32-48-52-42(40)24-18-26-44(52)46-30-34-50-56-54(46)58(48)62-64(74-66(72-62)38-21-13-10-14-22-38)60(56)70(80)76(68(50)78)36-16-8-6-4-2/h9-14,17-34H,3-8,15-16,35-36H2,1-2H3,(H,71,73)(H,72,74). The van der Waals surface area contributed by atoms with Crippen LogP contribution < -0.4 is 0 Å². The largest absolute Gasteiger partial charge is 0.337 e. The molecule has 2 aliphatic rings. The molecule has 0 saturated heterocycles. The molecule has 0 spiro atoms. The Morgan fingerprint density at radius 1 is 0.338 bits per heavy atom. The van der Waals surface area contributed by atoms with E-state index in [1.54, 1.807) is 0 Å². The summed E-state index contributed by atoms with van der Waals surface area (Å²) in [6, 6.07) is 49.9. The fraction of sp³-hybridized carbons (Fsp3) is 0.171. The van der Waals surface area contributed by atoms with Crippen LogP contribution in [0.1, 0.15) is 107 Å². The first-order valence-electron chi connectivity index (χ1n) is 28.4. The van der Waals surface area contributed by atoms with E-state index in [0.717, 1.165) is 149 Å². The van der Waals surface area contributed by atoms with Gasteiger partial charge in [0.15, 0.2) is 0 Å². The first-order valence-corrected chi connectivity index (χ1v) is 28.4. The van der Waals surface area contributed by atoms with Gasteiger partial charge in [0.2, 0.25) is 0 Å². The van der Waals surface area contributed by atoms with Crippen molar-refractivity contribution in [3.63, 3.8) is 0 Å². The summed E-state index contributed by atoms with van der Waals surface area (Å²) in [5, 5.41) is 15.1. The smallest absolute Gasteiger partial charge is 0.263 e. The highest BCUT2D eigenvalue weighted by molar-refractivity contribution is 6.46. The Kier molecular flexibility index (Phi) is 10.2. The lowest BCUT2D eigenvalue weighted by Gasteiger charge is -2.29. The van der Waals surface area contributed by atoms with E-state index in [1.165, 1.54) is 9.80 Å². The summed E-state index contributed by atoms with van der Waals surface area (Å²) in [7, 11) is 0. The molecule has 0 bridgehead atoms. The Morgan fingerprint density at radius 2 is 0.725 bits per heavy atom. The molecule has 80 heavy (non-hydrogen) atoms. The zero-order valence-corrected chi connectivity index (χ0v) is 44.3. The van der Waals surface area contributed by atoms with Crippen LogP contribution in [0.2, 0.25) is 0 Å². The van der Waals surface area contributed by atoms with Crippen molar-refractivity contribution in [3.05, 3.63) is 168 Å². The van der Waals surface area contributed by atoms with Gasteiger partial charge in [-0.15, -0.1) is 0 Å². The van der Waals surface area contributed by atoms with Crippen LogP contribution in [0.5, 0.6) is 0 Å². The summed E-state index contributed by atoms with van der Waals surface area (Å²) >= 11 is 0. The van der Waals surface area contributed by atoms with Crippen LogP contribution in [0.15, 0.2) is 146 Å². The van der Waals surface area contributed by atoms with E-state index in [2.05, 4.69) is 96.6 Å². The number of nitrogens with zero attached hydrogens (tertiary/aromatic N) is 4. The lowest BCUT2D eigenvalue weighted by molar-refractivity contribution is 0.0593. The number of hydrogen-bond acceptors (Lipinski definition) is 6. The molecule has 0 radical (unpaired) electrons. The average Bonchev–Trinajstić information content (AvgIpc) is 3.23. The van der Waals surface area contributed by atoms with Gasteiger partial charge in [-0.05, 0) is 90.0 Å². The topological polar surface area (TPSA) is 132 Å². The normalized spacial score (nSPS) is 13.9. The summed E-state index contributed by atoms with van der Waals surface area (Å²) in [5.74, 6) is 0.236. The molecule has 2 aromatic heterocycles. The second-order valence-corrected chi connectivity index (χ2v) is 22.1. The Morgan fingerprint density at radius 3 is 1.15 bits per heavy atom. The SMILES string of the molecule is CCCCCCN1C(=O)c2ccc3c4cccc5c(-c6ccc7c8c6cccc8c6ccc8c9c(c%10[nH]c(-c%11ccccc%11)nc%10c7c96)C(=O)N(CCCCCC)C8=O)ccc(c54)c4c5nc(-c6ccccc6)[nH]c5c(c2c34)C1=O. The summed E-state index contributed by atoms with van der Waals surface area (Å²) in [4.78, 5) is 80.2. The lowest BCUT2D eigenvalue weighted by atomic mass is 9.81. The third-order valence-corrected chi connectivity index (χ3v) is 17.7. The van der Waals surface area contributed by atoms with Gasteiger partial charge in [-0.1, -0.05) is 186 Å². The predicted octanol–water partition coefficient (Wildman–Crippen LogP) is 16.9. The molecule has 0 aliphatic carbocycles. The van der Waals surface area contributed by atoms with Gasteiger partial charge in [-0.25, -0.2) is 9.97 Å². The van der Waals surface area contributed by atoms with Crippen LogP contribution in [0.3, 0.4) is 0 Å². The molecule has 0 atom stereocenters. The van der Waals surface area contributed by atoms with Crippen molar-refractivity contribution >= 4 is 132 Å². The minimum absolute atomic E-state index is 0.254. The number of aromatic nitrogens is 4. The van der Waals surface area contributed by atoms with Crippen LogP contribution in [-0.4, -0.2) is 66.5 Å². The van der Waals surface area contributed by atoms with Crippen molar-refractivity contribution in [2.75, 3.05) is 13.1 Å². The number of imidazole rings is 2. The zero-order chi connectivity index (χ0) is 53.7. The molecule has 12 aromatic carbocycles. The van der Waals surface area contributed by atoms with Gasteiger partial charge in [-0.3, -0.25) is 29.0 Å². The maximum Gasteiger partial charge on any atom is 0.263 e. The third-order valence-electron chi connectivity index (χ3n) is 17.7. The third kappa shape index (κ3) is 6.30. The van der Waals surface area contributed by atoms with E-state index < -0.39 is 0 Å². The number of benzene rings is 12. The van der Waals surface area contributed by atoms with E-state index in [1.807, 2.05) is 72.8 Å². The molecule has 2 N–H and O–H groups in total. The highest BCUT2D eigenvalue weighted by Gasteiger charge is 2.39. The molecule has 14 aromatic rings. The number of aromatic amines is 2. The lowest BCUT2D eigenvalue weighted by Crippen LogP contribution is -2.41. The molecule has 10 nitrogen and oxygen atoms in total. The molecule has 0 fully saturated rings. The Hall–Kier alpha value is -9.54. The van der Waals surface area contributed by atoms with Crippen molar-refractivity contribution in [1.29, 1.82) is 0 Å². The number of carbonyl (C=O) groups excluding carboxylic acids is 4. The fourth-order valence-electron chi connectivity index (χ4n) is 14.1. The van der Waals surface area contributed by atoms with E-state index in [9.17, 15) is 19.2 Å². The van der Waals surface area contributed by atoms with Gasteiger partial charge in [-0.2, -0.15) is 0 Å². The van der Waals surface area contributed by atoms with Crippen molar-refractivity contribution in [3.8, 4) is 33.9 Å². The molecule has 2 aliphatic heterocycles. The van der Waals surface area contributed by atoms with Gasteiger partial charge in [0.25, 0.3) is 23.6 Å². The average molecular weight is 1040 g/mol. The monoisotopic (exact) mass is 1040 g/mol. The summed E-state index contributed by atoms with van der Waals surface area (Å²) in [6.45, 7) is 5.03. The van der Waals surface area contributed by atoms with Crippen LogP contribution in [0.25, 0.3) is 142 Å². The van der Waals surface area contributed by atoms with Crippen LogP contribution in [-0.2, 0) is 0 Å².